The van der Waals surface area contributed by atoms with Crippen molar-refractivity contribution in [3.63, 3.8) is 0 Å². The van der Waals surface area contributed by atoms with Crippen molar-refractivity contribution in [2.45, 2.75) is 57.8 Å². The highest BCUT2D eigenvalue weighted by atomic mass is 28.3. The first-order chi connectivity index (χ1) is 8.81. The SMILES string of the molecule is C[Si](C)(C)CCOC(=O)NCCCCCCC(=O)[O-]. The summed E-state index contributed by atoms with van der Waals surface area (Å²) in [5.74, 6) is -0.996. The van der Waals surface area contributed by atoms with E-state index in [-0.39, 0.29) is 12.5 Å². The minimum atomic E-state index is -1.14. The summed E-state index contributed by atoms with van der Waals surface area (Å²) in [6.45, 7) is 7.78. The van der Waals surface area contributed by atoms with E-state index in [1.165, 1.54) is 0 Å². The number of nitrogens with one attached hydrogen (secondary N) is 1. The average molecular weight is 288 g/mol. The van der Waals surface area contributed by atoms with Crippen LogP contribution in [0.1, 0.15) is 32.1 Å². The molecule has 0 aromatic heterocycles. The van der Waals surface area contributed by atoms with E-state index >= 15 is 0 Å². The van der Waals surface area contributed by atoms with Gasteiger partial charge in [0.1, 0.15) is 0 Å². The monoisotopic (exact) mass is 288 g/mol. The van der Waals surface area contributed by atoms with Crippen LogP contribution < -0.4 is 10.4 Å². The molecule has 0 aromatic carbocycles. The van der Waals surface area contributed by atoms with Crippen molar-refractivity contribution >= 4 is 20.1 Å². The number of carboxylic acid groups (broad SMARTS) is 1. The Morgan fingerprint density at radius 1 is 1.11 bits per heavy atom. The van der Waals surface area contributed by atoms with Gasteiger partial charge in [0.2, 0.25) is 0 Å². The highest BCUT2D eigenvalue weighted by Crippen LogP contribution is 2.07. The Morgan fingerprint density at radius 2 is 1.74 bits per heavy atom. The van der Waals surface area contributed by atoms with E-state index in [4.69, 9.17) is 4.74 Å². The fourth-order valence-corrected chi connectivity index (χ4v) is 2.15. The van der Waals surface area contributed by atoms with Gasteiger partial charge in [-0.15, -0.1) is 0 Å². The van der Waals surface area contributed by atoms with E-state index in [1.807, 2.05) is 0 Å². The lowest BCUT2D eigenvalue weighted by Gasteiger charge is -2.15. The van der Waals surface area contributed by atoms with Gasteiger partial charge in [0.25, 0.3) is 0 Å². The molecule has 6 heteroatoms. The van der Waals surface area contributed by atoms with Gasteiger partial charge in [0.05, 0.1) is 6.61 Å². The molecule has 0 radical (unpaired) electrons. The number of alkyl carbamates (subject to hydrolysis) is 1. The number of hydrogen-bond acceptors (Lipinski definition) is 4. The predicted octanol–water partition coefficient (Wildman–Crippen LogP) is 1.75. The third kappa shape index (κ3) is 14.9. The van der Waals surface area contributed by atoms with Gasteiger partial charge in [0, 0.05) is 20.6 Å². The molecule has 0 atom stereocenters. The lowest BCUT2D eigenvalue weighted by atomic mass is 10.1. The maximum atomic E-state index is 11.3. The lowest BCUT2D eigenvalue weighted by molar-refractivity contribution is -0.305. The number of amides is 1. The lowest BCUT2D eigenvalue weighted by Crippen LogP contribution is -2.28. The fraction of sp³-hybridized carbons (Fsp3) is 0.846. The van der Waals surface area contributed by atoms with Gasteiger partial charge in [-0.25, -0.2) is 4.79 Å². The van der Waals surface area contributed by atoms with E-state index in [1.54, 1.807) is 0 Å². The summed E-state index contributed by atoms with van der Waals surface area (Å²) in [5.41, 5.74) is 0. The number of ether oxygens (including phenoxy) is 1. The van der Waals surface area contributed by atoms with Crippen LogP contribution in [0.15, 0.2) is 0 Å². The summed E-state index contributed by atoms with van der Waals surface area (Å²) < 4.78 is 5.08. The Morgan fingerprint density at radius 3 is 2.32 bits per heavy atom. The van der Waals surface area contributed by atoms with Gasteiger partial charge in [0.15, 0.2) is 0 Å². The third-order valence-electron chi connectivity index (χ3n) is 2.66. The maximum absolute atomic E-state index is 11.3. The third-order valence-corrected chi connectivity index (χ3v) is 4.37. The standard InChI is InChI=1S/C13H27NO4Si/c1-19(2,3)11-10-18-13(17)14-9-7-5-4-6-8-12(15)16/h4-11H2,1-3H3,(H,14,17)(H,15,16)/p-1. The molecular formula is C13H26NO4Si-. The van der Waals surface area contributed by atoms with Crippen molar-refractivity contribution in [3.05, 3.63) is 0 Å². The van der Waals surface area contributed by atoms with E-state index in [0.29, 0.717) is 19.6 Å². The molecular weight excluding hydrogens is 262 g/mol. The Labute approximate surface area is 116 Å². The predicted molar refractivity (Wildman–Crippen MR) is 75.6 cm³/mol. The minimum absolute atomic E-state index is 0.117. The number of unbranched alkanes of at least 4 members (excludes halogenated alkanes) is 3. The van der Waals surface area contributed by atoms with Crippen molar-refractivity contribution < 1.29 is 19.4 Å². The normalized spacial score (nSPS) is 11.1. The molecule has 1 N–H and O–H groups in total. The number of rotatable bonds is 10. The molecule has 0 spiro atoms. The molecule has 0 unspecified atom stereocenters. The number of carboxylic acids is 1. The molecule has 0 saturated heterocycles. The summed E-state index contributed by atoms with van der Waals surface area (Å²) in [7, 11) is -1.14. The average Bonchev–Trinajstić information content (AvgIpc) is 2.25. The summed E-state index contributed by atoms with van der Waals surface area (Å²) in [6.07, 6.45) is 3.00. The van der Waals surface area contributed by atoms with Gasteiger partial charge in [-0.3, -0.25) is 0 Å². The summed E-state index contributed by atoms with van der Waals surface area (Å²) >= 11 is 0. The maximum Gasteiger partial charge on any atom is 0.407 e. The molecule has 0 heterocycles. The van der Waals surface area contributed by atoms with Crippen LogP contribution in [0, 0.1) is 0 Å². The zero-order valence-corrected chi connectivity index (χ0v) is 13.3. The molecule has 0 rings (SSSR count). The summed E-state index contributed by atoms with van der Waals surface area (Å²) in [4.78, 5) is 21.5. The summed E-state index contributed by atoms with van der Waals surface area (Å²) in [6, 6.07) is 0.976. The topological polar surface area (TPSA) is 78.5 Å². The van der Waals surface area contributed by atoms with Crippen molar-refractivity contribution in [1.82, 2.24) is 5.32 Å². The van der Waals surface area contributed by atoms with E-state index in [2.05, 4.69) is 25.0 Å². The zero-order valence-electron chi connectivity index (χ0n) is 12.3. The summed E-state index contributed by atoms with van der Waals surface area (Å²) in [5, 5.41) is 12.9. The largest absolute Gasteiger partial charge is 0.550 e. The molecule has 1 amide bonds. The molecule has 5 nitrogen and oxygen atoms in total. The quantitative estimate of drug-likeness (QED) is 0.490. The molecule has 0 aliphatic rings. The van der Waals surface area contributed by atoms with Crippen molar-refractivity contribution in [3.8, 4) is 0 Å². The van der Waals surface area contributed by atoms with Gasteiger partial charge >= 0.3 is 6.09 Å². The Bertz CT molecular complexity index is 276. The molecule has 19 heavy (non-hydrogen) atoms. The van der Waals surface area contributed by atoms with Crippen LogP contribution in [-0.4, -0.2) is 33.3 Å². The van der Waals surface area contributed by atoms with Crippen LogP contribution in [0.25, 0.3) is 0 Å². The van der Waals surface area contributed by atoms with E-state index in [0.717, 1.165) is 25.3 Å². The van der Waals surface area contributed by atoms with Crippen LogP contribution >= 0.6 is 0 Å². The Balaban J connectivity index is 3.32. The van der Waals surface area contributed by atoms with E-state index < -0.39 is 14.0 Å². The van der Waals surface area contributed by atoms with Gasteiger partial charge in [-0.2, -0.15) is 0 Å². The molecule has 0 saturated carbocycles. The van der Waals surface area contributed by atoms with Crippen molar-refractivity contribution in [1.29, 1.82) is 0 Å². The highest BCUT2D eigenvalue weighted by Gasteiger charge is 2.13. The smallest absolute Gasteiger partial charge is 0.407 e. The number of aliphatic carboxylic acids is 1. The van der Waals surface area contributed by atoms with Crippen molar-refractivity contribution in [2.24, 2.45) is 0 Å². The second kappa shape index (κ2) is 9.83. The van der Waals surface area contributed by atoms with Crippen LogP contribution in [0.5, 0.6) is 0 Å². The number of hydrogen-bond donors (Lipinski definition) is 1. The first kappa shape index (κ1) is 18.0. The zero-order chi connectivity index (χ0) is 14.7. The van der Waals surface area contributed by atoms with Crippen molar-refractivity contribution in [2.75, 3.05) is 13.2 Å². The van der Waals surface area contributed by atoms with Crippen LogP contribution in [-0.2, 0) is 9.53 Å². The molecule has 0 aromatic rings. The molecule has 0 aliphatic heterocycles. The van der Waals surface area contributed by atoms with Gasteiger partial charge in [-0.1, -0.05) is 32.5 Å². The number of carbonyl (C=O) groups is 2. The highest BCUT2D eigenvalue weighted by molar-refractivity contribution is 6.76. The van der Waals surface area contributed by atoms with Gasteiger partial charge in [-0.05, 0) is 25.3 Å². The molecule has 0 aliphatic carbocycles. The van der Waals surface area contributed by atoms with Crippen LogP contribution in [0.2, 0.25) is 25.7 Å². The Hall–Kier alpha value is -1.04. The second-order valence-electron chi connectivity index (χ2n) is 5.91. The molecule has 0 fully saturated rings. The first-order valence-corrected chi connectivity index (χ1v) is 10.6. The second-order valence-corrected chi connectivity index (χ2v) is 11.5. The fourth-order valence-electron chi connectivity index (χ4n) is 1.44. The minimum Gasteiger partial charge on any atom is -0.550 e. The van der Waals surface area contributed by atoms with Gasteiger partial charge < -0.3 is 20.0 Å². The first-order valence-electron chi connectivity index (χ1n) is 6.92. The molecule has 112 valence electrons. The Kier molecular flexibility index (Phi) is 9.29. The van der Waals surface area contributed by atoms with Crippen LogP contribution in [0.3, 0.4) is 0 Å². The van der Waals surface area contributed by atoms with E-state index in [9.17, 15) is 14.7 Å². The number of carbonyl (C=O) groups excluding carboxylic acids is 2. The molecule has 0 bridgehead atoms. The van der Waals surface area contributed by atoms with Crippen LogP contribution in [0.4, 0.5) is 4.79 Å².